The summed E-state index contributed by atoms with van der Waals surface area (Å²) in [5, 5.41) is 15.8. The maximum absolute atomic E-state index is 14.0. The molecule has 2 aromatic carbocycles. The standard InChI is InChI=1S/C34H34Cl2FN7O5S/c1-49-33(47)28-27(39-30(31-38-6-11-50-31)40-29(28)25-3-2-21(37)14-26(25)36)18-41-9-10-43-24(16-41)17-44(34(43)48)23-13-20(35)12-22(15-23)42-7-4-19(5-8-42)32(45)46/h2-3,6,11-15,19,24,29H,4-5,7-10,16-18H2,1H3,(H,39,40)(H,45,46). The lowest BCUT2D eigenvalue weighted by Gasteiger charge is -2.38. The summed E-state index contributed by atoms with van der Waals surface area (Å²) >= 11 is 14.5. The Kier molecular flexibility index (Phi) is 9.70. The number of methoxy groups -OCH3 is 1. The summed E-state index contributed by atoms with van der Waals surface area (Å²) < 4.78 is 19.3. The zero-order chi connectivity index (χ0) is 35.1. The molecule has 4 aliphatic rings. The van der Waals surface area contributed by atoms with Crippen molar-refractivity contribution in [3.05, 3.63) is 85.7 Å². The predicted molar refractivity (Wildman–Crippen MR) is 189 cm³/mol. The number of aliphatic imine (C=N–C) groups is 1. The average molecular weight is 743 g/mol. The smallest absolute Gasteiger partial charge is 0.338 e. The zero-order valence-corrected chi connectivity index (χ0v) is 29.3. The zero-order valence-electron chi connectivity index (χ0n) is 27.0. The normalized spacial score (nSPS) is 21.6. The van der Waals surface area contributed by atoms with Gasteiger partial charge in [0.25, 0.3) is 0 Å². The topological polar surface area (TPSA) is 131 Å². The lowest BCUT2D eigenvalue weighted by Crippen LogP contribution is -2.53. The number of anilines is 2. The minimum Gasteiger partial charge on any atom is -0.481 e. The van der Waals surface area contributed by atoms with Gasteiger partial charge in [0.2, 0.25) is 0 Å². The molecule has 3 aromatic rings. The monoisotopic (exact) mass is 741 g/mol. The van der Waals surface area contributed by atoms with Crippen LogP contribution in [0.15, 0.2) is 64.2 Å². The quantitative estimate of drug-likeness (QED) is 0.305. The fourth-order valence-corrected chi connectivity index (χ4v) is 8.19. The number of piperazine rings is 1. The highest BCUT2D eigenvalue weighted by Gasteiger charge is 2.42. The van der Waals surface area contributed by atoms with Crippen molar-refractivity contribution >= 4 is 69.7 Å². The summed E-state index contributed by atoms with van der Waals surface area (Å²) in [4.78, 5) is 55.7. The van der Waals surface area contributed by atoms with Crippen LogP contribution in [-0.4, -0.2) is 103 Å². The summed E-state index contributed by atoms with van der Waals surface area (Å²) in [6.45, 7) is 3.48. The highest BCUT2D eigenvalue weighted by molar-refractivity contribution is 7.11. The largest absolute Gasteiger partial charge is 0.481 e. The van der Waals surface area contributed by atoms with Gasteiger partial charge in [0.15, 0.2) is 10.8 Å². The van der Waals surface area contributed by atoms with Gasteiger partial charge >= 0.3 is 18.0 Å². The number of benzene rings is 2. The van der Waals surface area contributed by atoms with Crippen molar-refractivity contribution in [2.75, 3.05) is 62.7 Å². The Morgan fingerprint density at radius 3 is 2.56 bits per heavy atom. The molecule has 0 spiro atoms. The molecule has 2 unspecified atom stereocenters. The van der Waals surface area contributed by atoms with Crippen LogP contribution in [0.1, 0.15) is 29.5 Å². The highest BCUT2D eigenvalue weighted by atomic mass is 35.5. The number of thiazole rings is 1. The van der Waals surface area contributed by atoms with Crippen LogP contribution in [0.2, 0.25) is 10.0 Å². The molecular weight excluding hydrogens is 708 g/mol. The number of hydrogen-bond donors (Lipinski definition) is 2. The molecule has 0 radical (unpaired) electrons. The molecule has 262 valence electrons. The Morgan fingerprint density at radius 2 is 1.86 bits per heavy atom. The number of nitrogens with one attached hydrogen (secondary N) is 1. The fraction of sp³-hybridized carbons (Fsp3) is 0.382. The Morgan fingerprint density at radius 1 is 1.08 bits per heavy atom. The number of hydrogen-bond acceptors (Lipinski definition) is 10. The van der Waals surface area contributed by atoms with Crippen molar-refractivity contribution in [2.24, 2.45) is 10.9 Å². The Labute approximate surface area is 301 Å². The fourth-order valence-electron chi connectivity index (χ4n) is 7.10. The first-order chi connectivity index (χ1) is 24.1. The van der Waals surface area contributed by atoms with E-state index < -0.39 is 23.8 Å². The number of urea groups is 1. The predicted octanol–water partition coefficient (Wildman–Crippen LogP) is 5.03. The number of halogens is 3. The molecule has 3 saturated heterocycles. The summed E-state index contributed by atoms with van der Waals surface area (Å²) in [5.74, 6) is -1.77. The van der Waals surface area contributed by atoms with Crippen LogP contribution in [0.4, 0.5) is 20.6 Å². The van der Waals surface area contributed by atoms with Gasteiger partial charge in [-0.2, -0.15) is 0 Å². The van der Waals surface area contributed by atoms with Crippen molar-refractivity contribution in [2.45, 2.75) is 24.9 Å². The van der Waals surface area contributed by atoms with Crippen molar-refractivity contribution in [1.82, 2.24) is 20.1 Å². The molecule has 2 amide bonds. The third-order valence-corrected chi connectivity index (χ3v) is 11.0. The van der Waals surface area contributed by atoms with Gasteiger partial charge in [-0.1, -0.05) is 29.3 Å². The number of ether oxygens (including phenoxy) is 1. The van der Waals surface area contributed by atoms with E-state index in [9.17, 15) is 23.9 Å². The van der Waals surface area contributed by atoms with Crippen LogP contribution in [0.3, 0.4) is 0 Å². The SMILES string of the molecule is COC(=O)C1=C(CN2CCN3C(=O)N(c4cc(Cl)cc(N5CCC(C(=O)O)CC5)c4)CC3C2)NC(c2nccs2)=NC1c1ccc(F)cc1Cl. The Balaban J connectivity index is 1.12. The molecule has 5 heterocycles. The van der Waals surface area contributed by atoms with E-state index >= 15 is 0 Å². The van der Waals surface area contributed by atoms with Gasteiger partial charge in [0, 0.05) is 90.1 Å². The van der Waals surface area contributed by atoms with Gasteiger partial charge in [-0.3, -0.25) is 19.6 Å². The number of carbonyl (C=O) groups excluding carboxylic acids is 2. The lowest BCUT2D eigenvalue weighted by molar-refractivity contribution is -0.142. The number of piperidine rings is 1. The van der Waals surface area contributed by atoms with Crippen LogP contribution in [0.5, 0.6) is 0 Å². The summed E-state index contributed by atoms with van der Waals surface area (Å²) in [6.07, 6.45) is 2.75. The average Bonchev–Trinajstić information content (AvgIpc) is 3.76. The van der Waals surface area contributed by atoms with Gasteiger partial charge in [-0.15, -0.1) is 11.3 Å². The van der Waals surface area contributed by atoms with Gasteiger partial charge in [0.05, 0.1) is 24.6 Å². The van der Waals surface area contributed by atoms with Crippen LogP contribution < -0.4 is 15.1 Å². The van der Waals surface area contributed by atoms with E-state index in [1.165, 1.54) is 36.6 Å². The molecule has 7 rings (SSSR count). The number of esters is 1. The Hall–Kier alpha value is -4.24. The molecule has 0 aliphatic carbocycles. The van der Waals surface area contributed by atoms with Gasteiger partial charge in [-0.05, 0) is 43.2 Å². The number of aliphatic carboxylic acids is 1. The molecule has 0 bridgehead atoms. The van der Waals surface area contributed by atoms with Crippen LogP contribution >= 0.6 is 34.5 Å². The molecule has 2 atom stereocenters. The molecule has 50 heavy (non-hydrogen) atoms. The molecule has 2 N–H and O–H groups in total. The van der Waals surface area contributed by atoms with Crippen molar-refractivity contribution in [1.29, 1.82) is 0 Å². The number of rotatable bonds is 8. The van der Waals surface area contributed by atoms with Crippen LogP contribution in [0, 0.1) is 11.7 Å². The second-order valence-corrected chi connectivity index (χ2v) is 14.4. The van der Waals surface area contributed by atoms with Gasteiger partial charge in [-0.25, -0.2) is 19.0 Å². The second-order valence-electron chi connectivity index (χ2n) is 12.6. The van der Waals surface area contributed by atoms with E-state index in [-0.39, 0.29) is 28.6 Å². The van der Waals surface area contributed by atoms with Gasteiger partial charge < -0.3 is 25.0 Å². The highest BCUT2D eigenvalue weighted by Crippen LogP contribution is 2.38. The second kappa shape index (κ2) is 14.2. The maximum Gasteiger partial charge on any atom is 0.338 e. The minimum absolute atomic E-state index is 0.109. The number of carboxylic acids is 1. The number of carboxylic acid groups (broad SMARTS) is 1. The lowest BCUT2D eigenvalue weighted by atomic mass is 9.95. The molecular formula is C34H34Cl2FN7O5S. The summed E-state index contributed by atoms with van der Waals surface area (Å²) in [7, 11) is 1.30. The number of fused-ring (bicyclic) bond motifs is 1. The number of amidine groups is 1. The van der Waals surface area contributed by atoms with Crippen molar-refractivity contribution < 1.29 is 28.6 Å². The molecule has 1 aromatic heterocycles. The molecule has 0 saturated carbocycles. The Bertz CT molecular complexity index is 1880. The van der Waals surface area contributed by atoms with Crippen molar-refractivity contribution in [3.8, 4) is 0 Å². The van der Waals surface area contributed by atoms with E-state index in [1.807, 2.05) is 22.4 Å². The van der Waals surface area contributed by atoms with E-state index in [0.717, 1.165) is 5.69 Å². The minimum atomic E-state index is -0.873. The van der Waals surface area contributed by atoms with Crippen LogP contribution in [0.25, 0.3) is 0 Å². The number of nitrogens with zero attached hydrogens (tertiary/aromatic N) is 6. The first-order valence-electron chi connectivity index (χ1n) is 16.2. The third-order valence-electron chi connectivity index (χ3n) is 9.63. The van der Waals surface area contributed by atoms with Gasteiger partial charge in [0.1, 0.15) is 11.9 Å². The van der Waals surface area contributed by atoms with E-state index in [4.69, 9.17) is 32.9 Å². The maximum atomic E-state index is 14.0. The first-order valence-corrected chi connectivity index (χ1v) is 17.8. The van der Waals surface area contributed by atoms with E-state index in [1.54, 1.807) is 17.2 Å². The number of carbonyl (C=O) groups is 3. The number of amides is 2. The summed E-state index contributed by atoms with van der Waals surface area (Å²) in [6, 6.07) is 8.45. The first kappa shape index (κ1) is 34.2. The van der Waals surface area contributed by atoms with Crippen LogP contribution in [-0.2, 0) is 14.3 Å². The molecule has 12 nitrogen and oxygen atoms in total. The number of aromatic nitrogens is 1. The molecule has 3 fully saturated rings. The third kappa shape index (κ3) is 6.76. The molecule has 16 heteroatoms. The molecule has 4 aliphatic heterocycles. The summed E-state index contributed by atoms with van der Waals surface area (Å²) in [5.41, 5.74) is 2.81. The van der Waals surface area contributed by atoms with E-state index in [2.05, 4.69) is 20.1 Å². The van der Waals surface area contributed by atoms with Crippen molar-refractivity contribution in [3.63, 3.8) is 0 Å². The van der Waals surface area contributed by atoms with E-state index in [0.29, 0.717) is 91.5 Å².